The molecule has 8 heteroatoms. The van der Waals surface area contributed by atoms with E-state index in [4.69, 9.17) is 0 Å². The first-order valence-corrected chi connectivity index (χ1v) is 5.03. The Morgan fingerprint density at radius 2 is 1.53 bits per heavy atom. The maximum atomic E-state index is 12.7. The zero-order valence-electron chi connectivity index (χ0n) is 9.32. The van der Waals surface area contributed by atoms with Gasteiger partial charge in [0.2, 0.25) is 0 Å². The van der Waals surface area contributed by atoms with E-state index in [1.807, 2.05) is 0 Å². The van der Waals surface area contributed by atoms with Crippen LogP contribution in [-0.2, 0) is 4.74 Å². The van der Waals surface area contributed by atoms with Crippen molar-refractivity contribution >= 4 is 0 Å². The molecule has 102 valence electrons. The molecule has 17 heavy (non-hydrogen) atoms. The van der Waals surface area contributed by atoms with Gasteiger partial charge in [-0.15, -0.1) is 0 Å². The predicted molar refractivity (Wildman–Crippen MR) is 47.5 cm³/mol. The Kier molecular flexibility index (Phi) is 3.69. The molecule has 0 N–H and O–H groups in total. The lowest BCUT2D eigenvalue weighted by Crippen LogP contribution is -2.68. The van der Waals surface area contributed by atoms with E-state index in [1.165, 1.54) is 0 Å². The highest BCUT2D eigenvalue weighted by molar-refractivity contribution is 5.00. The monoisotopic (exact) mass is 265 g/mol. The third-order valence-electron chi connectivity index (χ3n) is 2.80. The summed E-state index contributed by atoms with van der Waals surface area (Å²) < 4.78 is 80.0. The van der Waals surface area contributed by atoms with Crippen LogP contribution in [0, 0.1) is 0 Å². The first-order valence-electron chi connectivity index (χ1n) is 5.03. The van der Waals surface area contributed by atoms with E-state index in [2.05, 4.69) is 4.74 Å². The fourth-order valence-corrected chi connectivity index (χ4v) is 1.69. The number of alkyl halides is 6. The number of hydrogen-bond acceptors (Lipinski definition) is 2. The van der Waals surface area contributed by atoms with Gasteiger partial charge in [0.1, 0.15) is 0 Å². The fraction of sp³-hybridized carbons (Fsp3) is 1.00. The van der Waals surface area contributed by atoms with Crippen LogP contribution in [0.5, 0.6) is 0 Å². The molecule has 0 aromatic carbocycles. The highest BCUT2D eigenvalue weighted by Gasteiger charge is 2.73. The number of nitrogens with zero attached hydrogens (tertiary/aromatic N) is 1. The van der Waals surface area contributed by atoms with Crippen molar-refractivity contribution in [2.45, 2.75) is 37.8 Å². The minimum Gasteiger partial charge on any atom is -0.356 e. The molecule has 1 saturated heterocycles. The predicted octanol–water partition coefficient (Wildman–Crippen LogP) is 2.59. The summed E-state index contributed by atoms with van der Waals surface area (Å²) in [5, 5.41) is 0. The second kappa shape index (κ2) is 4.31. The molecular weight excluding hydrogens is 252 g/mol. The third kappa shape index (κ3) is 2.52. The van der Waals surface area contributed by atoms with Gasteiger partial charge in [0, 0.05) is 19.1 Å². The Bertz CT molecular complexity index is 258. The molecule has 0 spiro atoms. The number of hydrogen-bond donors (Lipinski definition) is 0. The van der Waals surface area contributed by atoms with Crippen LogP contribution in [0.15, 0.2) is 0 Å². The van der Waals surface area contributed by atoms with E-state index in [-0.39, 0.29) is 6.54 Å². The Morgan fingerprint density at radius 3 is 1.88 bits per heavy atom. The van der Waals surface area contributed by atoms with E-state index in [9.17, 15) is 26.3 Å². The van der Waals surface area contributed by atoms with Crippen molar-refractivity contribution < 1.29 is 31.1 Å². The fourth-order valence-electron chi connectivity index (χ4n) is 1.69. The van der Waals surface area contributed by atoms with Gasteiger partial charge in [-0.25, -0.2) is 0 Å². The van der Waals surface area contributed by atoms with Gasteiger partial charge in [-0.1, -0.05) is 0 Å². The lowest BCUT2D eigenvalue weighted by atomic mass is 9.99. The van der Waals surface area contributed by atoms with Crippen LogP contribution in [0.2, 0.25) is 0 Å². The third-order valence-corrected chi connectivity index (χ3v) is 2.80. The molecule has 1 fully saturated rings. The average Bonchev–Trinajstić information content (AvgIpc) is 2.14. The molecule has 0 aromatic rings. The van der Waals surface area contributed by atoms with Crippen molar-refractivity contribution in [2.24, 2.45) is 0 Å². The van der Waals surface area contributed by atoms with Gasteiger partial charge in [-0.3, -0.25) is 4.90 Å². The lowest BCUT2D eigenvalue weighted by Gasteiger charge is -2.45. The topological polar surface area (TPSA) is 12.5 Å². The number of rotatable bonds is 1. The summed E-state index contributed by atoms with van der Waals surface area (Å²) in [6, 6.07) is -0.400. The Labute approximate surface area is 94.5 Å². The zero-order valence-corrected chi connectivity index (χ0v) is 9.32. The molecule has 0 aromatic heterocycles. The summed E-state index contributed by atoms with van der Waals surface area (Å²) in [4.78, 5) is 1.12. The Hall–Kier alpha value is -0.500. The molecule has 0 bridgehead atoms. The Balaban J connectivity index is 3.08. The van der Waals surface area contributed by atoms with E-state index in [0.717, 1.165) is 4.90 Å². The molecule has 0 saturated carbocycles. The van der Waals surface area contributed by atoms with Crippen LogP contribution in [0.4, 0.5) is 26.3 Å². The summed E-state index contributed by atoms with van der Waals surface area (Å²) in [6.07, 6.45) is -10.9. The molecule has 2 nitrogen and oxygen atoms in total. The van der Waals surface area contributed by atoms with Gasteiger partial charge in [0.25, 0.3) is 5.60 Å². The van der Waals surface area contributed by atoms with Crippen molar-refractivity contribution in [3.05, 3.63) is 0 Å². The number of ether oxygens (including phenoxy) is 1. The quantitative estimate of drug-likeness (QED) is 0.676. The van der Waals surface area contributed by atoms with Crippen LogP contribution in [0.1, 0.15) is 13.8 Å². The SMILES string of the molecule is CC(C)N1CCOC(C(F)(F)F)(C(F)(F)F)C1. The van der Waals surface area contributed by atoms with E-state index >= 15 is 0 Å². The van der Waals surface area contributed by atoms with Crippen LogP contribution < -0.4 is 0 Å². The normalized spacial score (nSPS) is 23.1. The first-order chi connectivity index (χ1) is 7.51. The second-order valence-electron chi connectivity index (χ2n) is 4.24. The molecule has 0 radical (unpaired) electrons. The van der Waals surface area contributed by atoms with Gasteiger partial charge in [0.05, 0.1) is 6.61 Å². The molecule has 1 heterocycles. The van der Waals surface area contributed by atoms with Crippen molar-refractivity contribution in [3.63, 3.8) is 0 Å². The van der Waals surface area contributed by atoms with Gasteiger partial charge >= 0.3 is 12.4 Å². The summed E-state index contributed by atoms with van der Waals surface area (Å²) in [6.45, 7) is 1.35. The molecule has 1 aliphatic heterocycles. The largest absolute Gasteiger partial charge is 0.427 e. The van der Waals surface area contributed by atoms with E-state index < -0.39 is 37.1 Å². The molecule has 1 aliphatic rings. The summed E-state index contributed by atoms with van der Waals surface area (Å²) >= 11 is 0. The van der Waals surface area contributed by atoms with Crippen molar-refractivity contribution in [3.8, 4) is 0 Å². The molecule has 0 amide bonds. The summed E-state index contributed by atoms with van der Waals surface area (Å²) in [7, 11) is 0. The van der Waals surface area contributed by atoms with E-state index in [1.54, 1.807) is 13.8 Å². The summed E-state index contributed by atoms with van der Waals surface area (Å²) in [5.41, 5.74) is -4.07. The van der Waals surface area contributed by atoms with Gasteiger partial charge in [-0.2, -0.15) is 26.3 Å². The minimum absolute atomic E-state index is 0.0611. The molecule has 1 rings (SSSR count). The lowest BCUT2D eigenvalue weighted by molar-refractivity contribution is -0.393. The average molecular weight is 265 g/mol. The van der Waals surface area contributed by atoms with Crippen LogP contribution >= 0.6 is 0 Å². The number of morpholine rings is 1. The maximum absolute atomic E-state index is 12.7. The molecular formula is C9H13F6NO. The Morgan fingerprint density at radius 1 is 1.06 bits per heavy atom. The van der Waals surface area contributed by atoms with Crippen LogP contribution in [-0.4, -0.2) is 48.6 Å². The molecule has 0 aliphatic carbocycles. The highest BCUT2D eigenvalue weighted by atomic mass is 19.4. The highest BCUT2D eigenvalue weighted by Crippen LogP contribution is 2.47. The standard InChI is InChI=1S/C9H13F6NO/c1-6(2)16-3-4-17-7(5-16,8(10,11)12)9(13,14)15/h6H,3-5H2,1-2H3. The van der Waals surface area contributed by atoms with Gasteiger partial charge in [-0.05, 0) is 13.8 Å². The first kappa shape index (κ1) is 14.6. The van der Waals surface area contributed by atoms with Gasteiger partial charge in [0.15, 0.2) is 0 Å². The minimum atomic E-state index is -5.47. The maximum Gasteiger partial charge on any atom is 0.427 e. The van der Waals surface area contributed by atoms with Gasteiger partial charge < -0.3 is 4.74 Å². The molecule has 0 unspecified atom stereocenters. The number of halogens is 6. The van der Waals surface area contributed by atoms with E-state index in [0.29, 0.717) is 0 Å². The van der Waals surface area contributed by atoms with Crippen molar-refractivity contribution in [1.82, 2.24) is 4.90 Å². The summed E-state index contributed by atoms with van der Waals surface area (Å²) in [5.74, 6) is 0. The van der Waals surface area contributed by atoms with Crippen LogP contribution in [0.25, 0.3) is 0 Å². The second-order valence-corrected chi connectivity index (χ2v) is 4.24. The molecule has 0 atom stereocenters. The zero-order chi connectivity index (χ0) is 13.5. The smallest absolute Gasteiger partial charge is 0.356 e. The van der Waals surface area contributed by atoms with Crippen LogP contribution in [0.3, 0.4) is 0 Å². The van der Waals surface area contributed by atoms with Crippen molar-refractivity contribution in [1.29, 1.82) is 0 Å². The van der Waals surface area contributed by atoms with Crippen molar-refractivity contribution in [2.75, 3.05) is 19.7 Å².